The minimum atomic E-state index is -1.38. The highest BCUT2D eigenvalue weighted by molar-refractivity contribution is 7.44. The van der Waals surface area contributed by atoms with E-state index in [0.29, 0.717) is 25.4 Å². The van der Waals surface area contributed by atoms with Gasteiger partial charge in [-0.15, -0.1) is 0 Å². The van der Waals surface area contributed by atoms with Crippen molar-refractivity contribution in [3.63, 3.8) is 0 Å². The van der Waals surface area contributed by atoms with Crippen molar-refractivity contribution < 1.29 is 14.1 Å². The van der Waals surface area contributed by atoms with Gasteiger partial charge in [-0.2, -0.15) is 0 Å². The van der Waals surface area contributed by atoms with Gasteiger partial charge in [-0.1, -0.05) is 0 Å². The molecule has 0 saturated carbocycles. The molecule has 0 aliphatic carbocycles. The van der Waals surface area contributed by atoms with Crippen molar-refractivity contribution in [3.8, 4) is 0 Å². The minimum Gasteiger partial charge on any atom is -0.372 e. The molecule has 4 nitrogen and oxygen atoms in total. The summed E-state index contributed by atoms with van der Waals surface area (Å²) in [5.74, 6) is 0.0111. The first-order valence-electron chi connectivity index (χ1n) is 4.48. The summed E-state index contributed by atoms with van der Waals surface area (Å²) < 4.78 is 16.0. The molecule has 13 heavy (non-hydrogen) atoms. The quantitative estimate of drug-likeness (QED) is 0.614. The van der Waals surface area contributed by atoms with Gasteiger partial charge in [0.2, 0.25) is 0 Å². The molecular formula is C8H16NO3P. The third-order valence-electron chi connectivity index (χ3n) is 2.33. The van der Waals surface area contributed by atoms with Gasteiger partial charge in [-0.3, -0.25) is 4.79 Å². The zero-order valence-electron chi connectivity index (χ0n) is 8.08. The van der Waals surface area contributed by atoms with Gasteiger partial charge in [-0.05, 0) is 6.92 Å². The maximum absolute atomic E-state index is 11.5. The van der Waals surface area contributed by atoms with Crippen molar-refractivity contribution in [2.75, 3.05) is 32.5 Å². The Bertz CT molecular complexity index is 209. The van der Waals surface area contributed by atoms with Crippen LogP contribution in [0.15, 0.2) is 0 Å². The zero-order chi connectivity index (χ0) is 9.84. The van der Waals surface area contributed by atoms with E-state index in [1.54, 1.807) is 11.8 Å². The SMILES string of the molecule is CO[C@@H](C)C(=O)N1CC[PH](=O)CC1. The van der Waals surface area contributed by atoms with Crippen LogP contribution < -0.4 is 0 Å². The summed E-state index contributed by atoms with van der Waals surface area (Å²) in [7, 11) is 0.148. The van der Waals surface area contributed by atoms with Gasteiger partial charge >= 0.3 is 0 Å². The van der Waals surface area contributed by atoms with E-state index in [2.05, 4.69) is 0 Å². The topological polar surface area (TPSA) is 46.6 Å². The second-order valence-electron chi connectivity index (χ2n) is 3.24. The molecule has 1 saturated heterocycles. The van der Waals surface area contributed by atoms with Crippen molar-refractivity contribution in [3.05, 3.63) is 0 Å². The fourth-order valence-electron chi connectivity index (χ4n) is 1.33. The van der Waals surface area contributed by atoms with E-state index < -0.39 is 7.80 Å². The Hall–Kier alpha value is -0.340. The molecule has 1 heterocycles. The fraction of sp³-hybridized carbons (Fsp3) is 0.875. The van der Waals surface area contributed by atoms with E-state index >= 15 is 0 Å². The maximum Gasteiger partial charge on any atom is 0.251 e. The Morgan fingerprint density at radius 1 is 1.46 bits per heavy atom. The van der Waals surface area contributed by atoms with Gasteiger partial charge < -0.3 is 14.2 Å². The summed E-state index contributed by atoms with van der Waals surface area (Å²) in [6.07, 6.45) is 0.972. The zero-order valence-corrected chi connectivity index (χ0v) is 9.08. The van der Waals surface area contributed by atoms with Crippen molar-refractivity contribution in [2.45, 2.75) is 13.0 Å². The fourth-order valence-corrected chi connectivity index (χ4v) is 2.62. The number of amides is 1. The monoisotopic (exact) mass is 205 g/mol. The summed E-state index contributed by atoms with van der Waals surface area (Å²) in [5, 5.41) is 0. The summed E-state index contributed by atoms with van der Waals surface area (Å²) in [5.41, 5.74) is 0. The molecule has 0 N–H and O–H groups in total. The van der Waals surface area contributed by atoms with Crippen LogP contribution in [0.2, 0.25) is 0 Å². The average Bonchev–Trinajstić information content (AvgIpc) is 2.17. The third-order valence-corrected chi connectivity index (χ3v) is 3.90. The Morgan fingerprint density at radius 3 is 2.46 bits per heavy atom. The largest absolute Gasteiger partial charge is 0.372 e. The predicted molar refractivity (Wildman–Crippen MR) is 51.8 cm³/mol. The predicted octanol–water partition coefficient (Wildman–Crippen LogP) is 0.423. The first kappa shape index (κ1) is 10.7. The smallest absolute Gasteiger partial charge is 0.251 e. The molecule has 5 heteroatoms. The van der Waals surface area contributed by atoms with E-state index in [0.717, 1.165) is 0 Å². The molecule has 0 bridgehead atoms. The lowest BCUT2D eigenvalue weighted by Crippen LogP contribution is -2.43. The minimum absolute atomic E-state index is 0.0111. The molecule has 0 radical (unpaired) electrons. The second-order valence-corrected chi connectivity index (χ2v) is 5.32. The van der Waals surface area contributed by atoms with Crippen LogP contribution in [-0.2, 0) is 14.1 Å². The highest BCUT2D eigenvalue weighted by Crippen LogP contribution is 2.24. The van der Waals surface area contributed by atoms with E-state index in [1.165, 1.54) is 7.11 Å². The molecule has 1 amide bonds. The first-order valence-corrected chi connectivity index (χ1v) is 6.30. The summed E-state index contributed by atoms with van der Waals surface area (Å²) in [6, 6.07) is 0. The second kappa shape index (κ2) is 4.77. The van der Waals surface area contributed by atoms with E-state index in [9.17, 15) is 9.36 Å². The first-order chi connectivity index (χ1) is 6.15. The highest BCUT2D eigenvalue weighted by Gasteiger charge is 2.23. The van der Waals surface area contributed by atoms with Gasteiger partial charge in [0.15, 0.2) is 0 Å². The standard InChI is InChI=1S/C8H16NO3P/c1-7(12-2)8(10)9-3-5-13(11)6-4-9/h7,13H,3-6H2,1-2H3/t7-/m0/s1. The van der Waals surface area contributed by atoms with Gasteiger partial charge in [0, 0.05) is 32.5 Å². The van der Waals surface area contributed by atoms with E-state index in [4.69, 9.17) is 4.74 Å². The molecule has 0 unspecified atom stereocenters. The van der Waals surface area contributed by atoms with Gasteiger partial charge in [-0.25, -0.2) is 0 Å². The number of carbonyl (C=O) groups is 1. The summed E-state index contributed by atoms with van der Waals surface area (Å²) in [6.45, 7) is 2.99. The molecule has 0 aromatic heterocycles. The number of hydrogen-bond donors (Lipinski definition) is 0. The van der Waals surface area contributed by atoms with Crippen LogP contribution in [0.25, 0.3) is 0 Å². The Morgan fingerprint density at radius 2 is 2.00 bits per heavy atom. The average molecular weight is 205 g/mol. The lowest BCUT2D eigenvalue weighted by molar-refractivity contribution is -0.140. The number of hydrogen-bond acceptors (Lipinski definition) is 3. The lowest BCUT2D eigenvalue weighted by atomic mass is 10.3. The van der Waals surface area contributed by atoms with Crippen LogP contribution >= 0.6 is 7.80 Å². The Balaban J connectivity index is 2.44. The number of carbonyl (C=O) groups excluding carboxylic acids is 1. The third kappa shape index (κ3) is 2.82. The molecule has 1 aliphatic heterocycles. The van der Waals surface area contributed by atoms with Crippen LogP contribution in [0.3, 0.4) is 0 Å². The molecule has 0 spiro atoms. The maximum atomic E-state index is 11.5. The van der Waals surface area contributed by atoms with Crippen molar-refractivity contribution >= 4 is 13.7 Å². The Kier molecular flexibility index (Phi) is 3.94. The number of ether oxygens (including phenoxy) is 1. The molecule has 1 fully saturated rings. The van der Waals surface area contributed by atoms with Gasteiger partial charge in [0.1, 0.15) is 6.10 Å². The van der Waals surface area contributed by atoms with Crippen LogP contribution in [-0.4, -0.2) is 49.4 Å². The number of rotatable bonds is 2. The number of methoxy groups -OCH3 is 1. The molecule has 0 aromatic rings. The lowest BCUT2D eigenvalue weighted by Gasteiger charge is -2.28. The molecule has 76 valence electrons. The molecule has 1 atom stereocenters. The Labute approximate surface area is 79.0 Å². The summed E-state index contributed by atoms with van der Waals surface area (Å²) in [4.78, 5) is 13.3. The van der Waals surface area contributed by atoms with Crippen molar-refractivity contribution in [1.29, 1.82) is 0 Å². The summed E-state index contributed by atoms with van der Waals surface area (Å²) >= 11 is 0. The van der Waals surface area contributed by atoms with Crippen molar-refractivity contribution in [2.24, 2.45) is 0 Å². The van der Waals surface area contributed by atoms with Crippen LogP contribution in [0.5, 0.6) is 0 Å². The van der Waals surface area contributed by atoms with Gasteiger partial charge in [0.25, 0.3) is 5.91 Å². The van der Waals surface area contributed by atoms with Crippen LogP contribution in [0.1, 0.15) is 6.92 Å². The van der Waals surface area contributed by atoms with Crippen LogP contribution in [0, 0.1) is 0 Å². The van der Waals surface area contributed by atoms with Crippen molar-refractivity contribution in [1.82, 2.24) is 4.90 Å². The molecule has 1 aliphatic rings. The number of nitrogens with zero attached hydrogens (tertiary/aromatic N) is 1. The normalized spacial score (nSPS) is 21.5. The van der Waals surface area contributed by atoms with E-state index in [-0.39, 0.29) is 12.0 Å². The van der Waals surface area contributed by atoms with Crippen LogP contribution in [0.4, 0.5) is 0 Å². The van der Waals surface area contributed by atoms with Gasteiger partial charge in [0.05, 0.1) is 7.80 Å². The molecular weight excluding hydrogens is 189 g/mol. The molecule has 0 aromatic carbocycles. The van der Waals surface area contributed by atoms with E-state index in [1.807, 2.05) is 0 Å². The highest BCUT2D eigenvalue weighted by atomic mass is 31.1. The molecule has 1 rings (SSSR count).